The van der Waals surface area contributed by atoms with Crippen LogP contribution in [0.1, 0.15) is 5.56 Å². The van der Waals surface area contributed by atoms with E-state index in [0.717, 1.165) is 16.6 Å². The van der Waals surface area contributed by atoms with Crippen molar-refractivity contribution in [2.24, 2.45) is 7.05 Å². The van der Waals surface area contributed by atoms with Gasteiger partial charge in [-0.2, -0.15) is 28.6 Å². The molecule has 3 heterocycles. The summed E-state index contributed by atoms with van der Waals surface area (Å²) in [5, 5.41) is 24.3. The molecule has 0 amide bonds. The highest BCUT2D eigenvalue weighted by molar-refractivity contribution is 5.73. The van der Waals surface area contributed by atoms with Crippen LogP contribution in [-0.2, 0) is 11.8 Å². The summed E-state index contributed by atoms with van der Waals surface area (Å²) in [5.74, 6) is -2.76. The van der Waals surface area contributed by atoms with Gasteiger partial charge in [0.25, 0.3) is 0 Å². The van der Waals surface area contributed by atoms with Crippen molar-refractivity contribution in [3.05, 3.63) is 42.5 Å². The van der Waals surface area contributed by atoms with Crippen molar-refractivity contribution < 1.29 is 23.1 Å². The largest absolute Gasteiger partial charge is 0.490 e. The third-order valence-corrected chi connectivity index (χ3v) is 2.92. The summed E-state index contributed by atoms with van der Waals surface area (Å²) in [6.45, 7) is 0. The van der Waals surface area contributed by atoms with Crippen molar-refractivity contribution in [3.8, 4) is 17.2 Å². The van der Waals surface area contributed by atoms with Crippen LogP contribution in [0.2, 0.25) is 0 Å². The maximum atomic E-state index is 10.6. The zero-order valence-electron chi connectivity index (χ0n) is 12.2. The molecule has 0 bridgehead atoms. The summed E-state index contributed by atoms with van der Waals surface area (Å²) >= 11 is 0. The van der Waals surface area contributed by atoms with Crippen LogP contribution in [0.3, 0.4) is 0 Å². The molecule has 10 heteroatoms. The lowest BCUT2D eigenvalue weighted by Gasteiger charge is -1.98. The molecule has 7 nitrogen and oxygen atoms in total. The quantitative estimate of drug-likeness (QED) is 0.734. The molecule has 0 saturated heterocycles. The number of hydrogen-bond acceptors (Lipinski definition) is 4. The number of carbonyl (C=O) groups is 1. The van der Waals surface area contributed by atoms with Crippen molar-refractivity contribution in [1.29, 1.82) is 5.26 Å². The molecule has 124 valence electrons. The van der Waals surface area contributed by atoms with Gasteiger partial charge >= 0.3 is 12.1 Å². The van der Waals surface area contributed by atoms with Crippen LogP contribution in [0, 0.1) is 11.3 Å². The van der Waals surface area contributed by atoms with Crippen LogP contribution in [0.4, 0.5) is 13.2 Å². The SMILES string of the molecule is Cn1cc(-c2ccc3c(C#N)cnn3c2)cn1.O=C(O)C(F)(F)F. The number of nitrogens with zero attached hydrogens (tertiary/aromatic N) is 5. The smallest absolute Gasteiger partial charge is 0.475 e. The van der Waals surface area contributed by atoms with Crippen LogP contribution < -0.4 is 0 Å². The number of aromatic nitrogens is 4. The van der Waals surface area contributed by atoms with Gasteiger partial charge in [-0.1, -0.05) is 6.07 Å². The second-order valence-electron chi connectivity index (χ2n) is 4.62. The second-order valence-corrected chi connectivity index (χ2v) is 4.62. The molecule has 0 saturated carbocycles. The molecule has 0 unspecified atom stereocenters. The summed E-state index contributed by atoms with van der Waals surface area (Å²) in [4.78, 5) is 8.90. The van der Waals surface area contributed by atoms with Gasteiger partial charge < -0.3 is 5.11 Å². The number of halogens is 3. The van der Waals surface area contributed by atoms with Crippen LogP contribution in [0.5, 0.6) is 0 Å². The van der Waals surface area contributed by atoms with Gasteiger partial charge in [-0.05, 0) is 6.07 Å². The van der Waals surface area contributed by atoms with Crippen LogP contribution in [-0.4, -0.2) is 36.6 Å². The van der Waals surface area contributed by atoms with E-state index in [0.29, 0.717) is 5.56 Å². The van der Waals surface area contributed by atoms with Crippen LogP contribution in [0.25, 0.3) is 16.6 Å². The molecular weight excluding hydrogens is 327 g/mol. The van der Waals surface area contributed by atoms with E-state index >= 15 is 0 Å². The Hall–Kier alpha value is -3.35. The summed E-state index contributed by atoms with van der Waals surface area (Å²) < 4.78 is 35.2. The van der Waals surface area contributed by atoms with Crippen molar-refractivity contribution in [3.63, 3.8) is 0 Å². The average molecular weight is 337 g/mol. The van der Waals surface area contributed by atoms with E-state index in [1.807, 2.05) is 31.6 Å². The minimum atomic E-state index is -5.08. The maximum absolute atomic E-state index is 10.6. The molecule has 24 heavy (non-hydrogen) atoms. The van der Waals surface area contributed by atoms with E-state index in [1.54, 1.807) is 21.6 Å². The topological polar surface area (TPSA) is 96.2 Å². The van der Waals surface area contributed by atoms with Gasteiger partial charge in [-0.3, -0.25) is 4.68 Å². The lowest BCUT2D eigenvalue weighted by molar-refractivity contribution is -0.192. The first-order valence-corrected chi connectivity index (χ1v) is 6.39. The van der Waals surface area contributed by atoms with Gasteiger partial charge in [-0.15, -0.1) is 0 Å². The number of hydrogen-bond donors (Lipinski definition) is 1. The molecule has 0 fully saturated rings. The lowest BCUT2D eigenvalue weighted by Crippen LogP contribution is -2.21. The summed E-state index contributed by atoms with van der Waals surface area (Å²) in [7, 11) is 1.88. The molecule has 0 atom stereocenters. The van der Waals surface area contributed by atoms with Gasteiger partial charge in [0.15, 0.2) is 0 Å². The number of rotatable bonds is 1. The third kappa shape index (κ3) is 3.70. The number of alkyl halides is 3. The first-order valence-electron chi connectivity index (χ1n) is 6.39. The molecule has 1 N–H and O–H groups in total. The van der Waals surface area contributed by atoms with E-state index in [2.05, 4.69) is 16.3 Å². The number of fused-ring (bicyclic) bond motifs is 1. The second kappa shape index (κ2) is 6.41. The van der Waals surface area contributed by atoms with Gasteiger partial charge in [-0.25, -0.2) is 9.31 Å². The molecule has 0 aromatic carbocycles. The fourth-order valence-corrected chi connectivity index (χ4v) is 1.81. The van der Waals surface area contributed by atoms with Crippen molar-refractivity contribution >= 4 is 11.5 Å². The first kappa shape index (κ1) is 17.0. The maximum Gasteiger partial charge on any atom is 0.490 e. The molecule has 0 spiro atoms. The van der Waals surface area contributed by atoms with E-state index in [1.165, 1.54) is 0 Å². The van der Waals surface area contributed by atoms with Crippen molar-refractivity contribution in [1.82, 2.24) is 19.4 Å². The van der Waals surface area contributed by atoms with Crippen molar-refractivity contribution in [2.45, 2.75) is 6.18 Å². The fraction of sp³-hybridized carbons (Fsp3) is 0.143. The van der Waals surface area contributed by atoms with Gasteiger partial charge in [0.2, 0.25) is 0 Å². The highest BCUT2D eigenvalue weighted by Crippen LogP contribution is 2.20. The summed E-state index contributed by atoms with van der Waals surface area (Å²) in [5.41, 5.74) is 3.46. The molecule has 0 radical (unpaired) electrons. The Morgan fingerprint density at radius 2 is 1.88 bits per heavy atom. The molecule has 3 aromatic heterocycles. The molecular formula is C14H10F3N5O2. The molecule has 0 aliphatic rings. The minimum absolute atomic E-state index is 0.586. The Morgan fingerprint density at radius 3 is 2.38 bits per heavy atom. The number of aryl methyl sites for hydroxylation is 1. The standard InChI is InChI=1S/C12H9N5.C2HF3O2/c1-16-7-11(6-14-16)9-2-3-12-10(4-13)5-15-17(12)8-9;3-2(4,5)1(6)7/h2-3,5-8H,1H3;(H,6,7). The number of nitriles is 1. The average Bonchev–Trinajstić information content (AvgIpc) is 3.12. The number of aliphatic carboxylic acids is 1. The third-order valence-electron chi connectivity index (χ3n) is 2.92. The normalized spacial score (nSPS) is 10.8. The molecule has 3 aromatic rings. The van der Waals surface area contributed by atoms with Gasteiger partial charge in [0.05, 0.1) is 23.5 Å². The van der Waals surface area contributed by atoms with Crippen LogP contribution >= 0.6 is 0 Å². The zero-order chi connectivity index (χ0) is 17.9. The number of pyridine rings is 1. The highest BCUT2D eigenvalue weighted by Gasteiger charge is 2.38. The summed E-state index contributed by atoms with van der Waals surface area (Å²) in [6, 6.07) is 5.98. The monoisotopic (exact) mass is 337 g/mol. The highest BCUT2D eigenvalue weighted by atomic mass is 19.4. The van der Waals surface area contributed by atoms with Gasteiger partial charge in [0.1, 0.15) is 6.07 Å². The first-order chi connectivity index (χ1) is 11.2. The molecule has 0 aliphatic carbocycles. The zero-order valence-corrected chi connectivity index (χ0v) is 12.2. The molecule has 0 aliphatic heterocycles. The van der Waals surface area contributed by atoms with E-state index in [-0.39, 0.29) is 0 Å². The number of carboxylic acids is 1. The Kier molecular flexibility index (Phi) is 4.54. The van der Waals surface area contributed by atoms with Crippen molar-refractivity contribution in [2.75, 3.05) is 0 Å². The van der Waals surface area contributed by atoms with E-state index in [4.69, 9.17) is 15.2 Å². The van der Waals surface area contributed by atoms with E-state index < -0.39 is 12.1 Å². The Labute approximate surface area is 133 Å². The van der Waals surface area contributed by atoms with Crippen LogP contribution in [0.15, 0.2) is 36.9 Å². The minimum Gasteiger partial charge on any atom is -0.475 e. The van der Waals surface area contributed by atoms with E-state index in [9.17, 15) is 13.2 Å². The number of carboxylic acid groups (broad SMARTS) is 1. The lowest BCUT2D eigenvalue weighted by atomic mass is 10.1. The van der Waals surface area contributed by atoms with Gasteiger partial charge in [0, 0.05) is 30.6 Å². The Balaban J connectivity index is 0.000000256. The Bertz CT molecular complexity index is 921. The Morgan fingerprint density at radius 1 is 1.21 bits per heavy atom. The summed E-state index contributed by atoms with van der Waals surface area (Å²) in [6.07, 6.45) is 2.13. The molecule has 3 rings (SSSR count). The predicted molar refractivity (Wildman–Crippen MR) is 75.8 cm³/mol. The fourth-order valence-electron chi connectivity index (χ4n) is 1.81. The predicted octanol–water partition coefficient (Wildman–Crippen LogP) is 2.24.